The fraction of sp³-hybridized carbons (Fsp3) is 0.410. The third kappa shape index (κ3) is 10.8. The molecule has 1 N–H and O–H groups in total. The summed E-state index contributed by atoms with van der Waals surface area (Å²) in [5, 5.41) is 3.00. The predicted octanol–water partition coefficient (Wildman–Crippen LogP) is 8.59. The number of nitrogens with zero attached hydrogens (tertiary/aromatic N) is 4. The lowest BCUT2D eigenvalue weighted by molar-refractivity contribution is -0.0163. The average Bonchev–Trinajstić information content (AvgIpc) is 3.08. The molecule has 242 valence electrons. The van der Waals surface area contributed by atoms with Crippen LogP contribution in [0.1, 0.15) is 69.7 Å². The number of rotatable bonds is 16. The number of pyridine rings is 2. The SMILES string of the molecule is CC1(OC(=O)Nc2ccccc2-c2ccccc2)CCN(CCCCCCCCN(Cc2ccccn2)Cc2ccccn2)CC1. The maximum atomic E-state index is 12.9. The topological polar surface area (TPSA) is 70.6 Å². The molecule has 7 heteroatoms. The highest BCUT2D eigenvalue weighted by atomic mass is 16.6. The van der Waals surface area contributed by atoms with Crippen LogP contribution in [0.4, 0.5) is 10.5 Å². The second-order valence-corrected chi connectivity index (χ2v) is 12.7. The number of carbonyl (C=O) groups is 1. The van der Waals surface area contributed by atoms with Gasteiger partial charge in [-0.05, 0) is 81.6 Å². The summed E-state index contributed by atoms with van der Waals surface area (Å²) in [6.07, 6.45) is 12.6. The van der Waals surface area contributed by atoms with Crippen molar-refractivity contribution < 1.29 is 9.53 Å². The number of hydrogen-bond donors (Lipinski definition) is 1. The summed E-state index contributed by atoms with van der Waals surface area (Å²) < 4.78 is 6.00. The molecule has 0 saturated carbocycles. The van der Waals surface area contributed by atoms with Crippen LogP contribution in [0.2, 0.25) is 0 Å². The zero-order valence-corrected chi connectivity index (χ0v) is 27.3. The summed E-state index contributed by atoms with van der Waals surface area (Å²) in [5.74, 6) is 0. The quantitative estimate of drug-likeness (QED) is 0.127. The van der Waals surface area contributed by atoms with E-state index in [0.29, 0.717) is 0 Å². The highest BCUT2D eigenvalue weighted by Gasteiger charge is 2.33. The Balaban J connectivity index is 0.950. The zero-order valence-electron chi connectivity index (χ0n) is 27.3. The molecule has 1 amide bonds. The first-order valence-electron chi connectivity index (χ1n) is 17.0. The normalized spacial score (nSPS) is 14.7. The van der Waals surface area contributed by atoms with Gasteiger partial charge < -0.3 is 9.64 Å². The maximum absolute atomic E-state index is 12.9. The molecule has 1 aliphatic heterocycles. The number of para-hydroxylation sites is 1. The van der Waals surface area contributed by atoms with Crippen LogP contribution >= 0.6 is 0 Å². The van der Waals surface area contributed by atoms with Crippen LogP contribution in [0, 0.1) is 0 Å². The molecule has 46 heavy (non-hydrogen) atoms. The Morgan fingerprint density at radius 2 is 1.35 bits per heavy atom. The van der Waals surface area contributed by atoms with E-state index in [4.69, 9.17) is 4.74 Å². The molecular weight excluding hydrogens is 570 g/mol. The Hall–Kier alpha value is -4.07. The molecule has 0 spiro atoms. The van der Waals surface area contributed by atoms with Crippen molar-refractivity contribution in [1.82, 2.24) is 19.8 Å². The van der Waals surface area contributed by atoms with Gasteiger partial charge in [-0.25, -0.2) is 4.79 Å². The van der Waals surface area contributed by atoms with Crippen LogP contribution in [0.15, 0.2) is 103 Å². The first-order valence-corrected chi connectivity index (χ1v) is 17.0. The van der Waals surface area contributed by atoms with Crippen LogP contribution in [0.5, 0.6) is 0 Å². The highest BCUT2D eigenvalue weighted by Crippen LogP contribution is 2.30. The number of carbonyl (C=O) groups excluding carboxylic acids is 1. The monoisotopic (exact) mass is 619 g/mol. The molecule has 0 atom stereocenters. The van der Waals surface area contributed by atoms with E-state index < -0.39 is 5.60 Å². The third-order valence-corrected chi connectivity index (χ3v) is 8.92. The van der Waals surface area contributed by atoms with E-state index >= 15 is 0 Å². The molecule has 1 aliphatic rings. The largest absolute Gasteiger partial charge is 0.443 e. The number of likely N-dealkylation sites (tertiary alicyclic amines) is 1. The van der Waals surface area contributed by atoms with Gasteiger partial charge in [0, 0.05) is 44.1 Å². The fourth-order valence-corrected chi connectivity index (χ4v) is 6.21. The molecule has 0 aliphatic carbocycles. The number of nitrogens with one attached hydrogen (secondary N) is 1. The standard InChI is InChI=1S/C39H49N5O2/c1-39(46-38(45)42-37-22-10-9-21-36(37)33-17-7-6-8-18-33)23-29-43(30-24-39)27-15-4-2-3-5-16-28-44(31-34-19-11-13-25-40-34)32-35-20-12-14-26-41-35/h6-14,17-22,25-26H,2-5,15-16,23-24,27-32H2,1H3,(H,42,45). The van der Waals surface area contributed by atoms with Crippen LogP contribution in [0.25, 0.3) is 11.1 Å². The molecule has 0 bridgehead atoms. The van der Waals surface area contributed by atoms with Crippen LogP contribution < -0.4 is 5.32 Å². The smallest absolute Gasteiger partial charge is 0.412 e. The van der Waals surface area contributed by atoms with Gasteiger partial charge in [0.2, 0.25) is 0 Å². The Kier molecular flexibility index (Phi) is 12.7. The molecule has 3 heterocycles. The summed E-state index contributed by atoms with van der Waals surface area (Å²) in [7, 11) is 0. The number of anilines is 1. The van der Waals surface area contributed by atoms with Gasteiger partial charge in [-0.15, -0.1) is 0 Å². The summed E-state index contributed by atoms with van der Waals surface area (Å²) in [6, 6.07) is 30.2. The molecule has 1 fully saturated rings. The summed E-state index contributed by atoms with van der Waals surface area (Å²) in [5.41, 5.74) is 4.60. The van der Waals surface area contributed by atoms with Crippen molar-refractivity contribution >= 4 is 11.8 Å². The Morgan fingerprint density at radius 1 is 0.761 bits per heavy atom. The minimum absolute atomic E-state index is 0.379. The molecule has 5 rings (SSSR count). The van der Waals surface area contributed by atoms with Crippen molar-refractivity contribution in [3.8, 4) is 11.1 Å². The van der Waals surface area contributed by atoms with Gasteiger partial charge in [0.1, 0.15) is 5.60 Å². The first kappa shape index (κ1) is 33.3. The summed E-state index contributed by atoms with van der Waals surface area (Å²) in [6.45, 7) is 7.88. The van der Waals surface area contributed by atoms with E-state index in [-0.39, 0.29) is 6.09 Å². The molecule has 0 unspecified atom stereocenters. The number of aromatic nitrogens is 2. The maximum Gasteiger partial charge on any atom is 0.412 e. The lowest BCUT2D eigenvalue weighted by atomic mass is 9.93. The number of piperidine rings is 1. The lowest BCUT2D eigenvalue weighted by Crippen LogP contribution is -2.46. The number of amides is 1. The van der Waals surface area contributed by atoms with Gasteiger partial charge in [0.25, 0.3) is 0 Å². The summed E-state index contributed by atoms with van der Waals surface area (Å²) >= 11 is 0. The average molecular weight is 620 g/mol. The minimum atomic E-state index is -0.441. The van der Waals surface area contributed by atoms with Gasteiger partial charge in [0.15, 0.2) is 0 Å². The lowest BCUT2D eigenvalue weighted by Gasteiger charge is -2.38. The molecule has 2 aromatic carbocycles. The van der Waals surface area contributed by atoms with Crippen molar-refractivity contribution in [2.24, 2.45) is 0 Å². The third-order valence-electron chi connectivity index (χ3n) is 8.92. The minimum Gasteiger partial charge on any atom is -0.443 e. The first-order chi connectivity index (χ1) is 22.6. The van der Waals surface area contributed by atoms with Gasteiger partial charge in [-0.2, -0.15) is 0 Å². The molecule has 2 aromatic heterocycles. The second kappa shape index (κ2) is 17.6. The number of hydrogen-bond acceptors (Lipinski definition) is 6. The van der Waals surface area contributed by atoms with E-state index in [1.54, 1.807) is 0 Å². The zero-order chi connectivity index (χ0) is 31.9. The van der Waals surface area contributed by atoms with Crippen molar-refractivity contribution in [2.75, 3.05) is 31.5 Å². The van der Waals surface area contributed by atoms with Gasteiger partial charge in [0.05, 0.1) is 17.1 Å². The van der Waals surface area contributed by atoms with Crippen molar-refractivity contribution in [1.29, 1.82) is 0 Å². The number of ether oxygens (including phenoxy) is 1. The van der Waals surface area contributed by atoms with E-state index in [9.17, 15) is 4.79 Å². The molecular formula is C39H49N5O2. The highest BCUT2D eigenvalue weighted by molar-refractivity contribution is 5.91. The Morgan fingerprint density at radius 3 is 2.00 bits per heavy atom. The molecule has 4 aromatic rings. The van der Waals surface area contributed by atoms with Crippen LogP contribution in [0.3, 0.4) is 0 Å². The number of benzene rings is 2. The predicted molar refractivity (Wildman–Crippen MR) is 186 cm³/mol. The van der Waals surface area contributed by atoms with Crippen molar-refractivity contribution in [3.05, 3.63) is 115 Å². The van der Waals surface area contributed by atoms with Crippen LogP contribution in [-0.2, 0) is 17.8 Å². The number of unbranched alkanes of at least 4 members (excludes halogenated alkanes) is 5. The molecule has 7 nitrogen and oxygen atoms in total. The van der Waals surface area contributed by atoms with Gasteiger partial charge >= 0.3 is 6.09 Å². The van der Waals surface area contributed by atoms with E-state index in [1.807, 2.05) is 79.1 Å². The Labute approximate surface area is 275 Å². The van der Waals surface area contributed by atoms with Crippen LogP contribution in [-0.4, -0.2) is 57.6 Å². The van der Waals surface area contributed by atoms with Crippen molar-refractivity contribution in [2.45, 2.75) is 77.0 Å². The second-order valence-electron chi connectivity index (χ2n) is 12.7. The van der Waals surface area contributed by atoms with E-state index in [0.717, 1.165) is 80.3 Å². The van der Waals surface area contributed by atoms with Gasteiger partial charge in [-0.3, -0.25) is 20.2 Å². The van der Waals surface area contributed by atoms with Crippen molar-refractivity contribution in [3.63, 3.8) is 0 Å². The molecule has 0 radical (unpaired) electrons. The van der Waals surface area contributed by atoms with Gasteiger partial charge in [-0.1, -0.05) is 86.3 Å². The molecule has 1 saturated heterocycles. The van der Waals surface area contributed by atoms with E-state index in [2.05, 4.69) is 56.3 Å². The summed E-state index contributed by atoms with van der Waals surface area (Å²) in [4.78, 5) is 27.0. The fourth-order valence-electron chi connectivity index (χ4n) is 6.21. The Bertz CT molecular complexity index is 1400. The van der Waals surface area contributed by atoms with E-state index in [1.165, 1.54) is 38.5 Å².